The summed E-state index contributed by atoms with van der Waals surface area (Å²) in [5.41, 5.74) is 8.10. The average Bonchev–Trinajstić information content (AvgIpc) is 2.86. The zero-order chi connectivity index (χ0) is 25.4. The minimum Gasteiger partial charge on any atom is -0.497 e. The van der Waals surface area contributed by atoms with Gasteiger partial charge in [0.05, 0.1) is 7.11 Å². The van der Waals surface area contributed by atoms with Gasteiger partial charge in [-0.15, -0.1) is 0 Å². The second-order valence-corrected chi connectivity index (χ2v) is 8.91. The van der Waals surface area contributed by atoms with Gasteiger partial charge < -0.3 is 10.1 Å². The van der Waals surface area contributed by atoms with Crippen LogP contribution >= 0.6 is 0 Å². The van der Waals surface area contributed by atoms with E-state index in [9.17, 15) is 14.4 Å². The molecule has 0 aliphatic carbocycles. The van der Waals surface area contributed by atoms with Crippen molar-refractivity contribution in [3.63, 3.8) is 0 Å². The van der Waals surface area contributed by atoms with Crippen molar-refractivity contribution in [3.8, 4) is 5.75 Å². The third-order valence-corrected chi connectivity index (χ3v) is 5.26. The van der Waals surface area contributed by atoms with Crippen LogP contribution in [-0.2, 0) is 10.2 Å². The number of amides is 3. The number of carbonyl (C=O) groups is 3. The van der Waals surface area contributed by atoms with Crippen molar-refractivity contribution in [2.75, 3.05) is 12.4 Å². The summed E-state index contributed by atoms with van der Waals surface area (Å²) in [5.74, 6) is -0.472. The van der Waals surface area contributed by atoms with Gasteiger partial charge in [-0.25, -0.2) is 0 Å². The molecule has 0 aliphatic heterocycles. The largest absolute Gasteiger partial charge is 0.497 e. The molecule has 0 bridgehead atoms. The summed E-state index contributed by atoms with van der Waals surface area (Å²) in [4.78, 5) is 36.8. The molecular weight excluding hydrogens is 442 g/mol. The van der Waals surface area contributed by atoms with Gasteiger partial charge in [-0.2, -0.15) is 0 Å². The maximum Gasteiger partial charge on any atom is 0.269 e. The summed E-state index contributed by atoms with van der Waals surface area (Å²) in [7, 11) is 1.58. The van der Waals surface area contributed by atoms with Crippen LogP contribution in [0.5, 0.6) is 5.75 Å². The fraction of sp³-hybridized carbons (Fsp3) is 0.179. The van der Waals surface area contributed by atoms with Gasteiger partial charge in [-0.1, -0.05) is 45.0 Å². The Kier molecular flexibility index (Phi) is 8.04. The van der Waals surface area contributed by atoms with E-state index in [0.29, 0.717) is 16.8 Å². The molecule has 3 aromatic carbocycles. The quantitative estimate of drug-likeness (QED) is 0.358. The van der Waals surface area contributed by atoms with Crippen LogP contribution in [0.3, 0.4) is 0 Å². The number of benzene rings is 3. The molecule has 0 radical (unpaired) electrons. The summed E-state index contributed by atoms with van der Waals surface area (Å²) in [6.07, 6.45) is 2.93. The van der Waals surface area contributed by atoms with E-state index in [4.69, 9.17) is 4.74 Å². The number of anilines is 1. The van der Waals surface area contributed by atoms with E-state index in [2.05, 4.69) is 36.9 Å². The zero-order valence-corrected chi connectivity index (χ0v) is 20.2. The van der Waals surface area contributed by atoms with Crippen molar-refractivity contribution in [2.24, 2.45) is 0 Å². The summed E-state index contributed by atoms with van der Waals surface area (Å²) in [6, 6.07) is 21.1. The van der Waals surface area contributed by atoms with Gasteiger partial charge in [-0.3, -0.25) is 25.2 Å². The highest BCUT2D eigenvalue weighted by Crippen LogP contribution is 2.22. The molecule has 0 spiro atoms. The number of hydrogen-bond donors (Lipinski definition) is 3. The van der Waals surface area contributed by atoms with E-state index in [1.807, 2.05) is 24.3 Å². The summed E-state index contributed by atoms with van der Waals surface area (Å²) >= 11 is 0. The Hall–Kier alpha value is -4.39. The van der Waals surface area contributed by atoms with E-state index in [0.717, 1.165) is 16.9 Å². The highest BCUT2D eigenvalue weighted by molar-refractivity contribution is 6.04. The van der Waals surface area contributed by atoms with Crippen LogP contribution in [0.15, 0.2) is 78.9 Å². The van der Waals surface area contributed by atoms with Crippen LogP contribution in [0.2, 0.25) is 0 Å². The molecular formula is C28H29N3O4. The second-order valence-electron chi connectivity index (χ2n) is 8.91. The van der Waals surface area contributed by atoms with Crippen molar-refractivity contribution in [2.45, 2.75) is 26.2 Å². The molecule has 7 heteroatoms. The van der Waals surface area contributed by atoms with E-state index in [1.165, 1.54) is 6.08 Å². The van der Waals surface area contributed by atoms with Crippen LogP contribution in [-0.4, -0.2) is 24.8 Å². The molecule has 0 heterocycles. The van der Waals surface area contributed by atoms with Crippen LogP contribution in [0.1, 0.15) is 52.6 Å². The molecule has 3 amide bonds. The third-order valence-electron chi connectivity index (χ3n) is 5.26. The van der Waals surface area contributed by atoms with Crippen LogP contribution in [0.4, 0.5) is 5.69 Å². The summed E-state index contributed by atoms with van der Waals surface area (Å²) < 4.78 is 5.09. The van der Waals surface area contributed by atoms with E-state index >= 15 is 0 Å². The average molecular weight is 472 g/mol. The van der Waals surface area contributed by atoms with Crippen LogP contribution < -0.4 is 20.9 Å². The predicted molar refractivity (Wildman–Crippen MR) is 137 cm³/mol. The van der Waals surface area contributed by atoms with Crippen molar-refractivity contribution < 1.29 is 19.1 Å². The van der Waals surface area contributed by atoms with Gasteiger partial charge in [0.25, 0.3) is 17.7 Å². The van der Waals surface area contributed by atoms with Gasteiger partial charge in [0.1, 0.15) is 5.75 Å². The number of hydrazine groups is 1. The third kappa shape index (κ3) is 7.30. The normalized spacial score (nSPS) is 11.1. The Morgan fingerprint density at radius 1 is 0.743 bits per heavy atom. The lowest BCUT2D eigenvalue weighted by atomic mass is 9.87. The smallest absolute Gasteiger partial charge is 0.269 e. The van der Waals surface area contributed by atoms with Gasteiger partial charge >= 0.3 is 0 Å². The van der Waals surface area contributed by atoms with Gasteiger partial charge in [-0.05, 0) is 71.1 Å². The topological polar surface area (TPSA) is 96.5 Å². The standard InChI is InChI=1S/C28H29N3O4/c1-28(2,3)22-12-8-20(9-13-22)26(33)29-23-14-10-21(11-15-23)27(34)31-30-25(32)18-7-19-5-16-24(35-4)17-6-19/h5-18H,1-4H3,(H,29,33)(H,30,32)(H,31,34). The summed E-state index contributed by atoms with van der Waals surface area (Å²) in [6.45, 7) is 6.35. The molecule has 7 nitrogen and oxygen atoms in total. The van der Waals surface area contributed by atoms with Crippen molar-refractivity contribution >= 4 is 29.5 Å². The molecule has 0 fully saturated rings. The number of hydrogen-bond acceptors (Lipinski definition) is 4. The molecule has 0 saturated heterocycles. The second kappa shape index (κ2) is 11.2. The molecule has 35 heavy (non-hydrogen) atoms. The Bertz CT molecular complexity index is 1210. The molecule has 3 aromatic rings. The minimum absolute atomic E-state index is 0.0116. The van der Waals surface area contributed by atoms with Gasteiger partial charge in [0, 0.05) is 22.9 Å². The minimum atomic E-state index is -0.480. The van der Waals surface area contributed by atoms with E-state index in [1.54, 1.807) is 61.7 Å². The maximum atomic E-state index is 12.5. The Morgan fingerprint density at radius 2 is 1.31 bits per heavy atom. The van der Waals surface area contributed by atoms with Crippen molar-refractivity contribution in [3.05, 3.63) is 101 Å². The fourth-order valence-corrected chi connectivity index (χ4v) is 3.15. The summed E-state index contributed by atoms with van der Waals surface area (Å²) in [5, 5.41) is 2.81. The molecule has 0 unspecified atom stereocenters. The molecule has 0 aromatic heterocycles. The Balaban J connectivity index is 1.50. The molecule has 3 rings (SSSR count). The maximum absolute atomic E-state index is 12.5. The monoisotopic (exact) mass is 471 g/mol. The molecule has 0 aliphatic rings. The van der Waals surface area contributed by atoms with Gasteiger partial charge in [0.2, 0.25) is 0 Å². The molecule has 180 valence electrons. The first-order valence-electron chi connectivity index (χ1n) is 11.1. The molecule has 0 saturated carbocycles. The fourth-order valence-electron chi connectivity index (χ4n) is 3.15. The first-order chi connectivity index (χ1) is 16.7. The van der Waals surface area contributed by atoms with Gasteiger partial charge in [0.15, 0.2) is 0 Å². The first-order valence-corrected chi connectivity index (χ1v) is 11.1. The van der Waals surface area contributed by atoms with E-state index < -0.39 is 11.8 Å². The lowest BCUT2D eigenvalue weighted by Crippen LogP contribution is -2.40. The first kappa shape index (κ1) is 25.2. The lowest BCUT2D eigenvalue weighted by molar-refractivity contribution is -0.117. The van der Waals surface area contributed by atoms with E-state index in [-0.39, 0.29) is 11.3 Å². The Labute approximate surface area is 205 Å². The van der Waals surface area contributed by atoms with Crippen molar-refractivity contribution in [1.82, 2.24) is 10.9 Å². The molecule has 3 N–H and O–H groups in total. The number of ether oxygens (including phenoxy) is 1. The lowest BCUT2D eigenvalue weighted by Gasteiger charge is -2.19. The van der Waals surface area contributed by atoms with Crippen LogP contribution in [0.25, 0.3) is 6.08 Å². The van der Waals surface area contributed by atoms with Crippen LogP contribution in [0, 0.1) is 0 Å². The highest BCUT2D eigenvalue weighted by Gasteiger charge is 2.14. The predicted octanol–water partition coefficient (Wildman–Crippen LogP) is 4.72. The Morgan fingerprint density at radius 3 is 1.89 bits per heavy atom. The highest BCUT2D eigenvalue weighted by atomic mass is 16.5. The SMILES string of the molecule is COc1ccc(C=CC(=O)NNC(=O)c2ccc(NC(=O)c3ccc(C(C)(C)C)cc3)cc2)cc1. The number of nitrogens with one attached hydrogen (secondary N) is 3. The number of rotatable bonds is 6. The molecule has 0 atom stereocenters. The number of methoxy groups -OCH3 is 1. The zero-order valence-electron chi connectivity index (χ0n) is 20.2. The van der Waals surface area contributed by atoms with Crippen molar-refractivity contribution in [1.29, 1.82) is 0 Å². The number of carbonyl (C=O) groups excluding carboxylic acids is 3.